The Morgan fingerprint density at radius 2 is 1.82 bits per heavy atom. The fraction of sp³-hybridized carbons (Fsp3) is 0.296. The first kappa shape index (κ1) is 25.2. The van der Waals surface area contributed by atoms with Crippen LogP contribution in [0.3, 0.4) is 0 Å². The molecule has 0 saturated carbocycles. The Morgan fingerprint density at radius 1 is 1.05 bits per heavy atom. The van der Waals surface area contributed by atoms with Crippen molar-refractivity contribution in [3.8, 4) is 22.5 Å². The summed E-state index contributed by atoms with van der Waals surface area (Å²) in [6, 6.07) is 13.5. The summed E-state index contributed by atoms with van der Waals surface area (Å²) in [6.45, 7) is 6.11. The van der Waals surface area contributed by atoms with Gasteiger partial charge >= 0.3 is 6.09 Å². The van der Waals surface area contributed by atoms with Crippen molar-refractivity contribution in [3.05, 3.63) is 67.3 Å². The number of benzene rings is 1. The van der Waals surface area contributed by atoms with Gasteiger partial charge in [0.2, 0.25) is 5.95 Å². The van der Waals surface area contributed by atoms with E-state index in [0.717, 1.165) is 28.2 Å². The Bertz CT molecular complexity index is 1390. The van der Waals surface area contributed by atoms with Gasteiger partial charge in [0.25, 0.3) is 0 Å². The lowest BCUT2D eigenvalue weighted by molar-refractivity contribution is 0.0578. The number of nitrogens with zero attached hydrogens (tertiary/aromatic N) is 7. The van der Waals surface area contributed by atoms with Crippen molar-refractivity contribution in [1.82, 2.24) is 29.6 Å². The lowest BCUT2D eigenvalue weighted by Crippen LogP contribution is -2.48. The summed E-state index contributed by atoms with van der Waals surface area (Å²) >= 11 is 0. The Hall–Kier alpha value is -4.51. The molecular weight excluding hydrogens is 484 g/mol. The largest absolute Gasteiger partial charge is 0.465 e. The van der Waals surface area contributed by atoms with Crippen molar-refractivity contribution in [1.29, 1.82) is 0 Å². The van der Waals surface area contributed by atoms with Crippen molar-refractivity contribution < 1.29 is 15.0 Å². The smallest absolute Gasteiger partial charge is 0.407 e. The molecule has 0 radical (unpaired) electrons. The highest BCUT2D eigenvalue weighted by molar-refractivity contribution is 5.78. The molecule has 0 atom stereocenters. The van der Waals surface area contributed by atoms with Gasteiger partial charge in [0.05, 0.1) is 17.8 Å². The normalized spacial score (nSPS) is 14.0. The molecule has 1 fully saturated rings. The van der Waals surface area contributed by atoms with Crippen molar-refractivity contribution >= 4 is 23.4 Å². The number of rotatable bonds is 7. The van der Waals surface area contributed by atoms with E-state index in [2.05, 4.69) is 20.2 Å². The predicted molar refractivity (Wildman–Crippen MR) is 144 cm³/mol. The maximum absolute atomic E-state index is 11.1. The Balaban J connectivity index is 1.35. The number of hydrogen-bond acceptors (Lipinski definition) is 8. The fourth-order valence-corrected chi connectivity index (χ4v) is 4.41. The van der Waals surface area contributed by atoms with Gasteiger partial charge in [0.15, 0.2) is 0 Å². The van der Waals surface area contributed by atoms with Crippen LogP contribution in [0.15, 0.2) is 67.3 Å². The van der Waals surface area contributed by atoms with Gasteiger partial charge in [-0.2, -0.15) is 5.10 Å². The summed E-state index contributed by atoms with van der Waals surface area (Å²) in [5.74, 6) is 0.442. The summed E-state index contributed by atoms with van der Waals surface area (Å²) in [5.41, 5.74) is 4.02. The van der Waals surface area contributed by atoms with Gasteiger partial charge in [0, 0.05) is 73.5 Å². The zero-order chi connectivity index (χ0) is 26.7. The monoisotopic (exact) mass is 514 g/mol. The van der Waals surface area contributed by atoms with E-state index in [1.54, 1.807) is 37.1 Å². The summed E-state index contributed by atoms with van der Waals surface area (Å²) in [7, 11) is 0. The molecule has 5 rings (SSSR count). The molecule has 11 nitrogen and oxygen atoms in total. The maximum atomic E-state index is 11.1. The van der Waals surface area contributed by atoms with Gasteiger partial charge < -0.3 is 25.3 Å². The molecule has 0 bridgehead atoms. The highest BCUT2D eigenvalue weighted by Crippen LogP contribution is 2.31. The van der Waals surface area contributed by atoms with Crippen LogP contribution >= 0.6 is 0 Å². The second-order valence-corrected chi connectivity index (χ2v) is 9.84. The van der Waals surface area contributed by atoms with Gasteiger partial charge in [-0.25, -0.2) is 14.8 Å². The van der Waals surface area contributed by atoms with Crippen molar-refractivity contribution in [2.24, 2.45) is 0 Å². The Kier molecular flexibility index (Phi) is 6.93. The first-order valence-electron chi connectivity index (χ1n) is 12.4. The quantitative estimate of drug-likeness (QED) is 0.337. The number of carboxylic acid groups (broad SMARTS) is 1. The molecule has 3 aromatic heterocycles. The molecule has 196 valence electrons. The number of nitrogens with one attached hydrogen (secondary N) is 1. The predicted octanol–water partition coefficient (Wildman–Crippen LogP) is 3.72. The van der Waals surface area contributed by atoms with Crippen LogP contribution in [0.5, 0.6) is 0 Å². The average molecular weight is 515 g/mol. The number of carbonyl (C=O) groups is 1. The van der Waals surface area contributed by atoms with E-state index in [-0.39, 0.29) is 0 Å². The minimum absolute atomic E-state index is 0.328. The standard InChI is InChI=1S/C27H30N8O3/c1-27(2,38)18-35-17-22(24(32-35)19-4-3-10-28-16-19)23-9-11-29-25(31-23)30-20-5-7-21(8-6-20)33-12-14-34(15-13-33)26(36)37/h3-11,16-17,38H,12-15,18H2,1-2H3,(H,36,37)(H,29,30,31). The number of amides is 1. The second-order valence-electron chi connectivity index (χ2n) is 9.84. The summed E-state index contributed by atoms with van der Waals surface area (Å²) < 4.78 is 1.72. The molecule has 4 heterocycles. The van der Waals surface area contributed by atoms with Crippen LogP contribution in [0.4, 0.5) is 22.1 Å². The third kappa shape index (κ3) is 5.89. The molecule has 4 aromatic rings. The third-order valence-electron chi connectivity index (χ3n) is 6.22. The minimum atomic E-state index is -0.927. The van der Waals surface area contributed by atoms with Gasteiger partial charge in [0.1, 0.15) is 5.69 Å². The second kappa shape index (κ2) is 10.5. The zero-order valence-corrected chi connectivity index (χ0v) is 21.3. The number of anilines is 3. The van der Waals surface area contributed by atoms with Crippen LogP contribution in [0, 0.1) is 0 Å². The van der Waals surface area contributed by atoms with Gasteiger partial charge in [-0.3, -0.25) is 9.67 Å². The molecule has 0 aliphatic carbocycles. The summed E-state index contributed by atoms with van der Waals surface area (Å²) in [4.78, 5) is 28.1. The summed E-state index contributed by atoms with van der Waals surface area (Å²) in [5, 5.41) is 27.5. The van der Waals surface area contributed by atoms with Crippen LogP contribution in [0.1, 0.15) is 13.8 Å². The number of pyridine rings is 1. The highest BCUT2D eigenvalue weighted by Gasteiger charge is 2.21. The number of aliphatic hydroxyl groups is 1. The molecule has 11 heteroatoms. The van der Waals surface area contributed by atoms with E-state index < -0.39 is 11.7 Å². The first-order valence-corrected chi connectivity index (χ1v) is 12.4. The summed E-state index contributed by atoms with van der Waals surface area (Å²) in [6.07, 6.45) is 6.17. The fourth-order valence-electron chi connectivity index (χ4n) is 4.41. The number of hydrogen-bond donors (Lipinski definition) is 3. The lowest BCUT2D eigenvalue weighted by atomic mass is 10.1. The van der Waals surface area contributed by atoms with Crippen molar-refractivity contribution in [2.75, 3.05) is 36.4 Å². The molecule has 1 aliphatic rings. The number of piperazine rings is 1. The molecule has 0 unspecified atom stereocenters. The van der Waals surface area contributed by atoms with E-state index in [1.807, 2.05) is 48.7 Å². The molecule has 38 heavy (non-hydrogen) atoms. The molecule has 1 amide bonds. The van der Waals surface area contributed by atoms with E-state index in [0.29, 0.717) is 44.4 Å². The third-order valence-corrected chi connectivity index (χ3v) is 6.22. The topological polar surface area (TPSA) is 133 Å². The van der Waals surface area contributed by atoms with Crippen molar-refractivity contribution in [3.63, 3.8) is 0 Å². The van der Waals surface area contributed by atoms with Gasteiger partial charge in [-0.05, 0) is 56.3 Å². The zero-order valence-electron chi connectivity index (χ0n) is 21.3. The van der Waals surface area contributed by atoms with E-state index in [1.165, 1.54) is 4.90 Å². The van der Waals surface area contributed by atoms with E-state index >= 15 is 0 Å². The van der Waals surface area contributed by atoms with E-state index in [4.69, 9.17) is 15.2 Å². The molecule has 3 N–H and O–H groups in total. The maximum Gasteiger partial charge on any atom is 0.407 e. The molecular formula is C27H30N8O3. The van der Waals surface area contributed by atoms with Gasteiger partial charge in [-0.15, -0.1) is 0 Å². The average Bonchev–Trinajstić information content (AvgIpc) is 3.32. The van der Waals surface area contributed by atoms with E-state index in [9.17, 15) is 9.90 Å². The van der Waals surface area contributed by atoms with Crippen LogP contribution < -0.4 is 10.2 Å². The SMILES string of the molecule is CC(C)(O)Cn1cc(-c2ccnc(Nc3ccc(N4CCN(C(=O)O)CC4)cc3)n2)c(-c2cccnc2)n1. The molecule has 1 aromatic carbocycles. The highest BCUT2D eigenvalue weighted by atomic mass is 16.4. The number of aromatic nitrogens is 5. The molecule has 1 saturated heterocycles. The molecule has 0 spiro atoms. The van der Waals surface area contributed by atoms with Crippen LogP contribution in [0.25, 0.3) is 22.5 Å². The van der Waals surface area contributed by atoms with Crippen molar-refractivity contribution in [2.45, 2.75) is 26.0 Å². The Labute approximate surface area is 220 Å². The lowest BCUT2D eigenvalue weighted by Gasteiger charge is -2.34. The van der Waals surface area contributed by atoms with Crippen LogP contribution in [-0.4, -0.2) is 77.7 Å². The Morgan fingerprint density at radius 3 is 2.47 bits per heavy atom. The first-order chi connectivity index (χ1) is 18.2. The molecule has 1 aliphatic heterocycles. The van der Waals surface area contributed by atoms with Crippen LogP contribution in [-0.2, 0) is 6.54 Å². The van der Waals surface area contributed by atoms with Crippen LogP contribution in [0.2, 0.25) is 0 Å². The minimum Gasteiger partial charge on any atom is -0.465 e. The van der Waals surface area contributed by atoms with Gasteiger partial charge in [-0.1, -0.05) is 0 Å².